The molecule has 2 aromatic rings. The van der Waals surface area contributed by atoms with Crippen LogP contribution in [0.15, 0.2) is 51.6 Å². The highest BCUT2D eigenvalue weighted by Gasteiger charge is 2.04. The van der Waals surface area contributed by atoms with Crippen molar-refractivity contribution in [2.75, 3.05) is 5.32 Å². The molecule has 0 unspecified atom stereocenters. The number of carbonyl (C=O) groups is 1. The molecular formula is C15H13BrN2O2S. The molecule has 0 radical (unpaired) electrons. The molecule has 108 valence electrons. The van der Waals surface area contributed by atoms with Gasteiger partial charge in [0, 0.05) is 10.5 Å². The largest absolute Gasteiger partial charge is 0.465 e. The van der Waals surface area contributed by atoms with Gasteiger partial charge < -0.3 is 9.73 Å². The molecule has 0 saturated carbocycles. The SMILES string of the molecule is Cc1ccc(NC(=S)NC(=O)C=Cc2ccco2)c(Br)c1. The minimum Gasteiger partial charge on any atom is -0.465 e. The minimum atomic E-state index is -0.327. The third-order valence-corrected chi connectivity index (χ3v) is 3.41. The van der Waals surface area contributed by atoms with Crippen molar-refractivity contribution in [1.82, 2.24) is 5.32 Å². The van der Waals surface area contributed by atoms with E-state index in [1.165, 1.54) is 6.08 Å². The fraction of sp³-hybridized carbons (Fsp3) is 0.0667. The van der Waals surface area contributed by atoms with Crippen molar-refractivity contribution >= 4 is 50.9 Å². The highest BCUT2D eigenvalue weighted by Crippen LogP contribution is 2.23. The van der Waals surface area contributed by atoms with Crippen LogP contribution in [0.4, 0.5) is 5.69 Å². The van der Waals surface area contributed by atoms with Gasteiger partial charge in [-0.05, 0) is 71.0 Å². The molecular weight excluding hydrogens is 352 g/mol. The number of carbonyl (C=O) groups excluding carboxylic acids is 1. The lowest BCUT2D eigenvalue weighted by Gasteiger charge is -2.10. The van der Waals surface area contributed by atoms with Gasteiger partial charge in [-0.1, -0.05) is 6.07 Å². The summed E-state index contributed by atoms with van der Waals surface area (Å²) >= 11 is 8.54. The number of rotatable bonds is 3. The topological polar surface area (TPSA) is 54.3 Å². The average molecular weight is 365 g/mol. The molecule has 2 N–H and O–H groups in total. The Kier molecular flexibility index (Phi) is 5.30. The summed E-state index contributed by atoms with van der Waals surface area (Å²) in [6.07, 6.45) is 4.47. The Morgan fingerprint density at radius 2 is 2.19 bits per heavy atom. The van der Waals surface area contributed by atoms with Crippen molar-refractivity contribution in [2.24, 2.45) is 0 Å². The van der Waals surface area contributed by atoms with Crippen LogP contribution in [0.2, 0.25) is 0 Å². The van der Waals surface area contributed by atoms with Crippen molar-refractivity contribution in [3.8, 4) is 0 Å². The molecule has 2 rings (SSSR count). The summed E-state index contributed by atoms with van der Waals surface area (Å²) in [6.45, 7) is 1.99. The van der Waals surface area contributed by atoms with Gasteiger partial charge in [0.2, 0.25) is 5.91 Å². The van der Waals surface area contributed by atoms with Gasteiger partial charge in [0.1, 0.15) is 5.76 Å². The van der Waals surface area contributed by atoms with Crippen LogP contribution in [0, 0.1) is 6.92 Å². The van der Waals surface area contributed by atoms with Crippen LogP contribution in [0.3, 0.4) is 0 Å². The molecule has 1 heterocycles. The zero-order chi connectivity index (χ0) is 15.2. The van der Waals surface area contributed by atoms with Crippen molar-refractivity contribution in [3.63, 3.8) is 0 Å². The zero-order valence-corrected chi connectivity index (χ0v) is 13.6. The second-order valence-corrected chi connectivity index (χ2v) is 5.54. The van der Waals surface area contributed by atoms with Crippen LogP contribution < -0.4 is 10.6 Å². The first-order valence-corrected chi connectivity index (χ1v) is 7.34. The molecule has 0 fully saturated rings. The van der Waals surface area contributed by atoms with Crippen molar-refractivity contribution in [1.29, 1.82) is 0 Å². The van der Waals surface area contributed by atoms with E-state index in [1.54, 1.807) is 24.5 Å². The monoisotopic (exact) mass is 364 g/mol. The number of nitrogens with one attached hydrogen (secondary N) is 2. The van der Waals surface area contributed by atoms with E-state index in [4.69, 9.17) is 16.6 Å². The van der Waals surface area contributed by atoms with E-state index in [9.17, 15) is 4.79 Å². The van der Waals surface area contributed by atoms with Crippen LogP contribution in [0.5, 0.6) is 0 Å². The average Bonchev–Trinajstić information content (AvgIpc) is 2.93. The van der Waals surface area contributed by atoms with Crippen LogP contribution in [-0.2, 0) is 4.79 Å². The Bertz CT molecular complexity index is 681. The number of benzene rings is 1. The molecule has 1 amide bonds. The van der Waals surface area contributed by atoms with Gasteiger partial charge in [-0.15, -0.1) is 0 Å². The molecule has 0 atom stereocenters. The third kappa shape index (κ3) is 4.84. The predicted octanol–water partition coefficient (Wildman–Crippen LogP) is 3.88. The second kappa shape index (κ2) is 7.19. The van der Waals surface area contributed by atoms with Gasteiger partial charge in [0.05, 0.1) is 12.0 Å². The Hall–Kier alpha value is -1.92. The summed E-state index contributed by atoms with van der Waals surface area (Å²) < 4.78 is 5.97. The second-order valence-electron chi connectivity index (χ2n) is 4.28. The summed E-state index contributed by atoms with van der Waals surface area (Å²) in [7, 11) is 0. The van der Waals surface area contributed by atoms with Gasteiger partial charge in [0.15, 0.2) is 5.11 Å². The fourth-order valence-corrected chi connectivity index (χ4v) is 2.38. The molecule has 0 spiro atoms. The van der Waals surface area contributed by atoms with Gasteiger partial charge in [0.25, 0.3) is 0 Å². The van der Waals surface area contributed by atoms with Crippen LogP contribution in [0.1, 0.15) is 11.3 Å². The summed E-state index contributed by atoms with van der Waals surface area (Å²) in [6, 6.07) is 9.30. The first kappa shape index (κ1) is 15.5. The minimum absolute atomic E-state index is 0.230. The molecule has 0 aliphatic rings. The fourth-order valence-electron chi connectivity index (χ4n) is 1.57. The van der Waals surface area contributed by atoms with E-state index in [0.717, 1.165) is 15.7 Å². The number of amides is 1. The third-order valence-electron chi connectivity index (χ3n) is 2.55. The number of halogens is 1. The normalized spacial score (nSPS) is 10.6. The highest BCUT2D eigenvalue weighted by atomic mass is 79.9. The standard InChI is InChI=1S/C15H13BrN2O2S/c1-10-4-6-13(12(16)9-10)17-15(21)18-14(19)7-5-11-3-2-8-20-11/h2-9H,1H3,(H2,17,18,19,21). The molecule has 1 aromatic carbocycles. The summed E-state index contributed by atoms with van der Waals surface area (Å²) in [4.78, 5) is 11.7. The van der Waals surface area contributed by atoms with Gasteiger partial charge in [-0.3, -0.25) is 10.1 Å². The molecule has 0 bridgehead atoms. The van der Waals surface area contributed by atoms with E-state index in [0.29, 0.717) is 5.76 Å². The van der Waals surface area contributed by atoms with E-state index in [2.05, 4.69) is 26.6 Å². The first-order valence-electron chi connectivity index (χ1n) is 6.14. The van der Waals surface area contributed by atoms with Gasteiger partial charge >= 0.3 is 0 Å². The highest BCUT2D eigenvalue weighted by molar-refractivity contribution is 9.10. The van der Waals surface area contributed by atoms with Crippen LogP contribution in [-0.4, -0.2) is 11.0 Å². The predicted molar refractivity (Wildman–Crippen MR) is 91.0 cm³/mol. The van der Waals surface area contributed by atoms with E-state index in [-0.39, 0.29) is 11.0 Å². The van der Waals surface area contributed by atoms with Crippen molar-refractivity contribution < 1.29 is 9.21 Å². The molecule has 0 aliphatic carbocycles. The lowest BCUT2D eigenvalue weighted by atomic mass is 10.2. The molecule has 0 saturated heterocycles. The molecule has 0 aliphatic heterocycles. The molecule has 1 aromatic heterocycles. The van der Waals surface area contributed by atoms with Gasteiger partial charge in [-0.25, -0.2) is 0 Å². The zero-order valence-electron chi connectivity index (χ0n) is 11.2. The maximum atomic E-state index is 11.7. The lowest BCUT2D eigenvalue weighted by Crippen LogP contribution is -2.32. The smallest absolute Gasteiger partial charge is 0.250 e. The first-order chi connectivity index (χ1) is 10.0. The molecule has 21 heavy (non-hydrogen) atoms. The number of thiocarbonyl (C=S) groups is 1. The Morgan fingerprint density at radius 1 is 1.38 bits per heavy atom. The molecule has 4 nitrogen and oxygen atoms in total. The van der Waals surface area contributed by atoms with Gasteiger partial charge in [-0.2, -0.15) is 0 Å². The summed E-state index contributed by atoms with van der Waals surface area (Å²) in [5.41, 5.74) is 1.92. The quantitative estimate of drug-likeness (QED) is 0.640. The van der Waals surface area contributed by atoms with Crippen molar-refractivity contribution in [3.05, 3.63) is 58.5 Å². The van der Waals surface area contributed by atoms with E-state index >= 15 is 0 Å². The lowest BCUT2D eigenvalue weighted by molar-refractivity contribution is -0.115. The Morgan fingerprint density at radius 3 is 2.86 bits per heavy atom. The number of hydrogen-bond acceptors (Lipinski definition) is 3. The van der Waals surface area contributed by atoms with Crippen molar-refractivity contribution in [2.45, 2.75) is 6.92 Å². The maximum Gasteiger partial charge on any atom is 0.250 e. The number of hydrogen-bond donors (Lipinski definition) is 2. The summed E-state index contributed by atoms with van der Waals surface area (Å²) in [5.74, 6) is 0.275. The number of anilines is 1. The Balaban J connectivity index is 1.90. The van der Waals surface area contributed by atoms with E-state index in [1.807, 2.05) is 25.1 Å². The number of aryl methyl sites for hydroxylation is 1. The van der Waals surface area contributed by atoms with Crippen LogP contribution >= 0.6 is 28.1 Å². The Labute approximate surface area is 136 Å². The maximum absolute atomic E-state index is 11.7. The van der Waals surface area contributed by atoms with Crippen LogP contribution in [0.25, 0.3) is 6.08 Å². The molecule has 6 heteroatoms. The number of furan rings is 1. The van der Waals surface area contributed by atoms with E-state index < -0.39 is 0 Å². The summed E-state index contributed by atoms with van der Waals surface area (Å²) in [5, 5.41) is 5.75.